The monoisotopic (exact) mass is 182 g/mol. The molecule has 1 N–H and O–H groups in total. The molecule has 0 aromatic carbocycles. The third-order valence-corrected chi connectivity index (χ3v) is 2.64. The van der Waals surface area contributed by atoms with Gasteiger partial charge in [-0.1, -0.05) is 0 Å². The van der Waals surface area contributed by atoms with E-state index in [0.29, 0.717) is 6.61 Å². The zero-order valence-electron chi connectivity index (χ0n) is 7.64. The summed E-state index contributed by atoms with van der Waals surface area (Å²) in [5.74, 6) is 1.09. The van der Waals surface area contributed by atoms with E-state index >= 15 is 0 Å². The van der Waals surface area contributed by atoms with Crippen LogP contribution in [0.2, 0.25) is 0 Å². The first-order valence-electron chi connectivity index (χ1n) is 4.59. The first-order chi connectivity index (χ1) is 6.27. The third-order valence-electron chi connectivity index (χ3n) is 2.64. The van der Waals surface area contributed by atoms with Gasteiger partial charge in [-0.05, 0) is 19.1 Å². The Bertz CT molecular complexity index is 245. The topological polar surface area (TPSA) is 42.6 Å². The molecule has 1 fully saturated rings. The third kappa shape index (κ3) is 1.76. The van der Waals surface area contributed by atoms with Crippen molar-refractivity contribution in [3.63, 3.8) is 0 Å². The van der Waals surface area contributed by atoms with Crippen LogP contribution in [-0.2, 0) is 11.2 Å². The maximum absolute atomic E-state index is 9.59. The lowest BCUT2D eigenvalue weighted by molar-refractivity contribution is 0.0962. The second-order valence-corrected chi connectivity index (χ2v) is 3.55. The Morgan fingerprint density at radius 3 is 3.00 bits per heavy atom. The number of hydrogen-bond donors (Lipinski definition) is 1. The SMILES string of the molecule is CC1OCC(O)C1Cc1ccco1. The van der Waals surface area contributed by atoms with E-state index in [9.17, 15) is 5.11 Å². The van der Waals surface area contributed by atoms with Gasteiger partial charge in [-0.15, -0.1) is 0 Å². The second-order valence-electron chi connectivity index (χ2n) is 3.55. The van der Waals surface area contributed by atoms with Gasteiger partial charge in [-0.2, -0.15) is 0 Å². The summed E-state index contributed by atoms with van der Waals surface area (Å²) in [6.45, 7) is 2.44. The molecule has 0 amide bonds. The van der Waals surface area contributed by atoms with Crippen LogP contribution < -0.4 is 0 Å². The van der Waals surface area contributed by atoms with Crippen molar-refractivity contribution in [1.29, 1.82) is 0 Å². The van der Waals surface area contributed by atoms with Crippen LogP contribution in [0.1, 0.15) is 12.7 Å². The number of aliphatic hydroxyl groups is 1. The average molecular weight is 182 g/mol. The molecule has 0 spiro atoms. The fourth-order valence-electron chi connectivity index (χ4n) is 1.77. The minimum atomic E-state index is -0.347. The van der Waals surface area contributed by atoms with Crippen molar-refractivity contribution in [1.82, 2.24) is 0 Å². The van der Waals surface area contributed by atoms with Crippen LogP contribution in [0.15, 0.2) is 22.8 Å². The van der Waals surface area contributed by atoms with Crippen LogP contribution in [0.25, 0.3) is 0 Å². The highest BCUT2D eigenvalue weighted by Gasteiger charge is 2.33. The van der Waals surface area contributed by atoms with E-state index in [-0.39, 0.29) is 18.1 Å². The number of furan rings is 1. The van der Waals surface area contributed by atoms with Gasteiger partial charge in [0.2, 0.25) is 0 Å². The molecule has 1 aliphatic rings. The van der Waals surface area contributed by atoms with Crippen LogP contribution in [0, 0.1) is 5.92 Å². The van der Waals surface area contributed by atoms with Gasteiger partial charge in [0.05, 0.1) is 25.1 Å². The zero-order chi connectivity index (χ0) is 9.26. The lowest BCUT2D eigenvalue weighted by Crippen LogP contribution is -2.24. The van der Waals surface area contributed by atoms with E-state index in [0.717, 1.165) is 12.2 Å². The van der Waals surface area contributed by atoms with Crippen molar-refractivity contribution in [2.75, 3.05) is 6.61 Å². The summed E-state index contributed by atoms with van der Waals surface area (Å²) in [5.41, 5.74) is 0. The first kappa shape index (κ1) is 8.78. The van der Waals surface area contributed by atoms with E-state index in [2.05, 4.69) is 0 Å². The molecule has 2 rings (SSSR count). The van der Waals surface area contributed by atoms with Crippen molar-refractivity contribution in [2.24, 2.45) is 5.92 Å². The quantitative estimate of drug-likeness (QED) is 0.747. The summed E-state index contributed by atoms with van der Waals surface area (Å²) in [5, 5.41) is 9.59. The van der Waals surface area contributed by atoms with Crippen molar-refractivity contribution in [3.8, 4) is 0 Å². The summed E-state index contributed by atoms with van der Waals surface area (Å²) in [4.78, 5) is 0. The zero-order valence-corrected chi connectivity index (χ0v) is 7.64. The van der Waals surface area contributed by atoms with E-state index in [1.54, 1.807) is 6.26 Å². The predicted molar refractivity (Wildman–Crippen MR) is 47.3 cm³/mol. The first-order valence-corrected chi connectivity index (χ1v) is 4.59. The Hall–Kier alpha value is -0.800. The molecule has 1 aromatic heterocycles. The number of ether oxygens (including phenoxy) is 1. The predicted octanol–water partition coefficient (Wildman–Crippen LogP) is 1.22. The Balaban J connectivity index is 2.01. The molecule has 1 saturated heterocycles. The lowest BCUT2D eigenvalue weighted by Gasteiger charge is -2.14. The van der Waals surface area contributed by atoms with Crippen molar-refractivity contribution >= 4 is 0 Å². The Kier molecular flexibility index (Phi) is 2.38. The number of rotatable bonds is 2. The molecule has 0 saturated carbocycles. The average Bonchev–Trinajstić information content (AvgIpc) is 2.70. The smallest absolute Gasteiger partial charge is 0.104 e. The van der Waals surface area contributed by atoms with E-state index in [4.69, 9.17) is 9.15 Å². The molecule has 3 heteroatoms. The Morgan fingerprint density at radius 1 is 1.62 bits per heavy atom. The minimum absolute atomic E-state index is 0.125. The van der Waals surface area contributed by atoms with Crippen LogP contribution >= 0.6 is 0 Å². The number of aliphatic hydroxyl groups excluding tert-OH is 1. The Labute approximate surface area is 77.3 Å². The van der Waals surface area contributed by atoms with Gasteiger partial charge < -0.3 is 14.3 Å². The largest absolute Gasteiger partial charge is 0.469 e. The summed E-state index contributed by atoms with van der Waals surface area (Å²) >= 11 is 0. The lowest BCUT2D eigenvalue weighted by atomic mass is 9.95. The fraction of sp³-hybridized carbons (Fsp3) is 0.600. The molecule has 2 heterocycles. The minimum Gasteiger partial charge on any atom is -0.469 e. The molecular weight excluding hydrogens is 168 g/mol. The molecule has 0 aliphatic carbocycles. The molecule has 1 aromatic rings. The molecule has 3 atom stereocenters. The maximum atomic E-state index is 9.59. The highest BCUT2D eigenvalue weighted by molar-refractivity contribution is 5.01. The van der Waals surface area contributed by atoms with E-state index in [1.807, 2.05) is 19.1 Å². The van der Waals surface area contributed by atoms with Gasteiger partial charge in [0, 0.05) is 12.3 Å². The van der Waals surface area contributed by atoms with Gasteiger partial charge in [0.15, 0.2) is 0 Å². The molecule has 1 aliphatic heterocycles. The maximum Gasteiger partial charge on any atom is 0.104 e. The molecule has 3 nitrogen and oxygen atoms in total. The van der Waals surface area contributed by atoms with Crippen LogP contribution in [0.3, 0.4) is 0 Å². The molecule has 0 radical (unpaired) electrons. The van der Waals surface area contributed by atoms with Gasteiger partial charge in [-0.3, -0.25) is 0 Å². The van der Waals surface area contributed by atoms with Gasteiger partial charge in [0.25, 0.3) is 0 Å². The van der Waals surface area contributed by atoms with Gasteiger partial charge >= 0.3 is 0 Å². The van der Waals surface area contributed by atoms with Crippen LogP contribution in [-0.4, -0.2) is 23.9 Å². The van der Waals surface area contributed by atoms with Crippen molar-refractivity contribution in [2.45, 2.75) is 25.6 Å². The molecular formula is C10H14O3. The number of hydrogen-bond acceptors (Lipinski definition) is 3. The van der Waals surface area contributed by atoms with Crippen molar-refractivity contribution in [3.05, 3.63) is 24.2 Å². The highest BCUT2D eigenvalue weighted by Crippen LogP contribution is 2.25. The van der Waals surface area contributed by atoms with E-state index < -0.39 is 0 Å². The van der Waals surface area contributed by atoms with Crippen LogP contribution in [0.5, 0.6) is 0 Å². The summed E-state index contributed by atoms with van der Waals surface area (Å²) in [7, 11) is 0. The van der Waals surface area contributed by atoms with Crippen LogP contribution in [0.4, 0.5) is 0 Å². The van der Waals surface area contributed by atoms with Gasteiger partial charge in [0.1, 0.15) is 5.76 Å². The molecule has 0 bridgehead atoms. The summed E-state index contributed by atoms with van der Waals surface area (Å²) in [6.07, 6.45) is 2.19. The molecule has 3 unspecified atom stereocenters. The normalized spacial score (nSPS) is 33.8. The van der Waals surface area contributed by atoms with E-state index in [1.165, 1.54) is 0 Å². The molecule has 72 valence electrons. The fourth-order valence-corrected chi connectivity index (χ4v) is 1.77. The summed E-state index contributed by atoms with van der Waals surface area (Å²) < 4.78 is 10.6. The summed E-state index contributed by atoms with van der Waals surface area (Å²) in [6, 6.07) is 3.79. The second kappa shape index (κ2) is 3.52. The standard InChI is InChI=1S/C10H14O3/c1-7-9(10(11)6-13-7)5-8-3-2-4-12-8/h2-4,7,9-11H,5-6H2,1H3. The van der Waals surface area contributed by atoms with Crippen molar-refractivity contribution < 1.29 is 14.3 Å². The molecule has 13 heavy (non-hydrogen) atoms. The Morgan fingerprint density at radius 2 is 2.46 bits per heavy atom. The highest BCUT2D eigenvalue weighted by atomic mass is 16.5. The van der Waals surface area contributed by atoms with Gasteiger partial charge in [-0.25, -0.2) is 0 Å².